The molecule has 0 amide bonds. The average molecular weight is 286 g/mol. The number of rotatable bonds is 7. The summed E-state index contributed by atoms with van der Waals surface area (Å²) in [5.41, 5.74) is 5.82. The van der Waals surface area contributed by atoms with E-state index in [1.165, 1.54) is 0 Å². The van der Waals surface area contributed by atoms with E-state index < -0.39 is 0 Å². The Balaban J connectivity index is 2.17. The van der Waals surface area contributed by atoms with E-state index in [9.17, 15) is 0 Å². The monoisotopic (exact) mass is 286 g/mol. The van der Waals surface area contributed by atoms with Crippen molar-refractivity contribution < 1.29 is 9.47 Å². The molecule has 1 aliphatic rings. The lowest BCUT2D eigenvalue weighted by molar-refractivity contribution is -0.0679. The Kier molecular flexibility index (Phi) is 7.87. The van der Waals surface area contributed by atoms with E-state index in [0.717, 1.165) is 32.6 Å². The van der Waals surface area contributed by atoms with Crippen LogP contribution in [0.5, 0.6) is 0 Å². The zero-order valence-electron chi connectivity index (χ0n) is 13.3. The molecule has 1 saturated heterocycles. The van der Waals surface area contributed by atoms with Crippen LogP contribution < -0.4 is 11.1 Å². The third-order valence-corrected chi connectivity index (χ3v) is 3.22. The molecule has 0 spiro atoms. The summed E-state index contributed by atoms with van der Waals surface area (Å²) in [6, 6.07) is 0.185. The largest absolute Gasteiger partial charge is 0.383 e. The minimum atomic E-state index is 0.185. The van der Waals surface area contributed by atoms with E-state index in [0.29, 0.717) is 24.8 Å². The highest BCUT2D eigenvalue weighted by atomic mass is 16.5. The SMILES string of the molecule is COCC(C)NC(N)=NCCCN1CC(C)OC(C)C1. The molecule has 0 saturated carbocycles. The Labute approximate surface area is 122 Å². The van der Waals surface area contributed by atoms with Gasteiger partial charge in [-0.2, -0.15) is 0 Å². The molecule has 3 N–H and O–H groups in total. The van der Waals surface area contributed by atoms with Crippen LogP contribution in [-0.2, 0) is 9.47 Å². The number of nitrogens with zero attached hydrogens (tertiary/aromatic N) is 2. The average Bonchev–Trinajstić information content (AvgIpc) is 2.33. The zero-order valence-corrected chi connectivity index (χ0v) is 13.3. The molecule has 6 nitrogen and oxygen atoms in total. The van der Waals surface area contributed by atoms with Crippen LogP contribution in [-0.4, -0.2) is 69.0 Å². The fraction of sp³-hybridized carbons (Fsp3) is 0.929. The van der Waals surface area contributed by atoms with E-state index >= 15 is 0 Å². The van der Waals surface area contributed by atoms with Crippen molar-refractivity contribution in [1.29, 1.82) is 0 Å². The molecule has 0 aromatic carbocycles. The van der Waals surface area contributed by atoms with Gasteiger partial charge in [-0.1, -0.05) is 0 Å². The molecular weight excluding hydrogens is 256 g/mol. The Morgan fingerprint density at radius 2 is 2.10 bits per heavy atom. The summed E-state index contributed by atoms with van der Waals surface area (Å²) in [7, 11) is 1.68. The fourth-order valence-electron chi connectivity index (χ4n) is 2.55. The van der Waals surface area contributed by atoms with Crippen molar-refractivity contribution in [3.63, 3.8) is 0 Å². The number of guanidine groups is 1. The maximum atomic E-state index is 5.82. The van der Waals surface area contributed by atoms with Crippen molar-refractivity contribution >= 4 is 5.96 Å². The van der Waals surface area contributed by atoms with Crippen molar-refractivity contribution in [1.82, 2.24) is 10.2 Å². The molecular formula is C14H30N4O2. The van der Waals surface area contributed by atoms with Crippen LogP contribution in [0, 0.1) is 0 Å². The number of nitrogens with two attached hydrogens (primary N) is 1. The Morgan fingerprint density at radius 1 is 1.45 bits per heavy atom. The number of morpholine rings is 1. The van der Waals surface area contributed by atoms with Gasteiger partial charge in [0.1, 0.15) is 0 Å². The van der Waals surface area contributed by atoms with Gasteiger partial charge in [-0.15, -0.1) is 0 Å². The first kappa shape index (κ1) is 17.2. The second-order valence-electron chi connectivity index (χ2n) is 5.64. The lowest BCUT2D eigenvalue weighted by Crippen LogP contribution is -2.45. The van der Waals surface area contributed by atoms with Crippen molar-refractivity contribution in [3.05, 3.63) is 0 Å². The molecule has 3 atom stereocenters. The number of ether oxygens (including phenoxy) is 2. The molecule has 3 unspecified atom stereocenters. The van der Waals surface area contributed by atoms with Crippen LogP contribution in [0.4, 0.5) is 0 Å². The minimum absolute atomic E-state index is 0.185. The maximum absolute atomic E-state index is 5.82. The molecule has 0 aliphatic carbocycles. The lowest BCUT2D eigenvalue weighted by atomic mass is 10.2. The third kappa shape index (κ3) is 7.07. The Morgan fingerprint density at radius 3 is 2.70 bits per heavy atom. The van der Waals surface area contributed by atoms with Gasteiger partial charge < -0.3 is 20.5 Å². The highest BCUT2D eigenvalue weighted by molar-refractivity contribution is 5.78. The van der Waals surface area contributed by atoms with E-state index in [1.54, 1.807) is 7.11 Å². The molecule has 0 aromatic rings. The highest BCUT2D eigenvalue weighted by Gasteiger charge is 2.21. The molecule has 0 bridgehead atoms. The number of nitrogens with one attached hydrogen (secondary N) is 1. The Bertz CT molecular complexity index is 289. The standard InChI is InChI=1S/C14H30N4O2/c1-11(10-19-4)17-14(15)16-6-5-7-18-8-12(2)20-13(3)9-18/h11-13H,5-10H2,1-4H3,(H3,15,16,17). The van der Waals surface area contributed by atoms with Gasteiger partial charge in [0.05, 0.1) is 18.8 Å². The molecule has 1 heterocycles. The van der Waals surface area contributed by atoms with Crippen molar-refractivity contribution in [3.8, 4) is 0 Å². The molecule has 1 aliphatic heterocycles. The van der Waals surface area contributed by atoms with E-state index in [4.69, 9.17) is 15.2 Å². The quantitative estimate of drug-likeness (QED) is 0.403. The first-order valence-electron chi connectivity index (χ1n) is 7.44. The van der Waals surface area contributed by atoms with Crippen LogP contribution in [0.3, 0.4) is 0 Å². The normalized spacial score (nSPS) is 26.5. The smallest absolute Gasteiger partial charge is 0.188 e. The van der Waals surface area contributed by atoms with Crippen molar-refractivity contribution in [2.24, 2.45) is 10.7 Å². The van der Waals surface area contributed by atoms with Crippen molar-refractivity contribution in [2.75, 3.05) is 39.9 Å². The summed E-state index contributed by atoms with van der Waals surface area (Å²) >= 11 is 0. The molecule has 0 radical (unpaired) electrons. The summed E-state index contributed by atoms with van der Waals surface area (Å²) < 4.78 is 10.8. The predicted molar refractivity (Wildman–Crippen MR) is 82.0 cm³/mol. The minimum Gasteiger partial charge on any atom is -0.383 e. The summed E-state index contributed by atoms with van der Waals surface area (Å²) in [5.74, 6) is 0.498. The molecule has 20 heavy (non-hydrogen) atoms. The number of aliphatic imine (C=N–C) groups is 1. The van der Waals surface area contributed by atoms with Gasteiger partial charge in [0, 0.05) is 39.3 Å². The zero-order chi connectivity index (χ0) is 15.0. The highest BCUT2D eigenvalue weighted by Crippen LogP contribution is 2.10. The topological polar surface area (TPSA) is 72.1 Å². The van der Waals surface area contributed by atoms with Gasteiger partial charge >= 0.3 is 0 Å². The van der Waals surface area contributed by atoms with Crippen LogP contribution >= 0.6 is 0 Å². The summed E-state index contributed by atoms with van der Waals surface area (Å²) in [6.45, 7) is 10.7. The van der Waals surface area contributed by atoms with Gasteiger partial charge in [0.25, 0.3) is 0 Å². The van der Waals surface area contributed by atoms with E-state index in [-0.39, 0.29) is 6.04 Å². The van der Waals surface area contributed by atoms with Gasteiger partial charge in [0.15, 0.2) is 5.96 Å². The van der Waals surface area contributed by atoms with Gasteiger partial charge in [-0.05, 0) is 27.2 Å². The van der Waals surface area contributed by atoms with Crippen LogP contribution in [0.15, 0.2) is 4.99 Å². The van der Waals surface area contributed by atoms with Gasteiger partial charge in [0.2, 0.25) is 0 Å². The first-order valence-corrected chi connectivity index (χ1v) is 7.44. The molecule has 0 aromatic heterocycles. The predicted octanol–water partition coefficient (Wildman–Crippen LogP) is 0.425. The van der Waals surface area contributed by atoms with Crippen LogP contribution in [0.2, 0.25) is 0 Å². The lowest BCUT2D eigenvalue weighted by Gasteiger charge is -2.35. The fourth-order valence-corrected chi connectivity index (χ4v) is 2.55. The van der Waals surface area contributed by atoms with Gasteiger partial charge in [-0.3, -0.25) is 9.89 Å². The third-order valence-electron chi connectivity index (χ3n) is 3.22. The van der Waals surface area contributed by atoms with Crippen molar-refractivity contribution in [2.45, 2.75) is 45.4 Å². The van der Waals surface area contributed by atoms with E-state index in [1.807, 2.05) is 6.92 Å². The molecule has 1 fully saturated rings. The summed E-state index contributed by atoms with van der Waals surface area (Å²) in [6.07, 6.45) is 1.66. The molecule has 6 heteroatoms. The van der Waals surface area contributed by atoms with Crippen LogP contribution in [0.1, 0.15) is 27.2 Å². The Hall–Kier alpha value is -0.850. The number of hydrogen-bond donors (Lipinski definition) is 2. The molecule has 118 valence electrons. The summed E-state index contributed by atoms with van der Waals surface area (Å²) in [4.78, 5) is 6.77. The molecule has 1 rings (SSSR count). The first-order chi connectivity index (χ1) is 9.51. The second kappa shape index (κ2) is 9.15. The number of hydrogen-bond acceptors (Lipinski definition) is 4. The van der Waals surface area contributed by atoms with Crippen LogP contribution in [0.25, 0.3) is 0 Å². The second-order valence-corrected chi connectivity index (χ2v) is 5.64. The van der Waals surface area contributed by atoms with Gasteiger partial charge in [-0.25, -0.2) is 0 Å². The summed E-state index contributed by atoms with van der Waals surface area (Å²) in [5, 5.41) is 3.10. The maximum Gasteiger partial charge on any atom is 0.188 e. The number of methoxy groups -OCH3 is 1. The van der Waals surface area contributed by atoms with E-state index in [2.05, 4.69) is 29.1 Å².